The molecule has 0 bridgehead atoms. The molecule has 0 saturated heterocycles. The molecule has 1 unspecified atom stereocenters. The van der Waals surface area contributed by atoms with Gasteiger partial charge in [0.15, 0.2) is 0 Å². The Hall–Kier alpha value is -3.30. The molecule has 2 heterocycles. The highest BCUT2D eigenvalue weighted by Crippen LogP contribution is 2.23. The number of amides is 1. The molecule has 30 heavy (non-hydrogen) atoms. The number of alkyl halides is 3. The van der Waals surface area contributed by atoms with Gasteiger partial charge < -0.3 is 14.6 Å². The van der Waals surface area contributed by atoms with Crippen LogP contribution in [0.3, 0.4) is 0 Å². The van der Waals surface area contributed by atoms with Crippen LogP contribution in [0.25, 0.3) is 16.6 Å². The molecule has 10 heteroatoms. The number of nitrogens with one attached hydrogen (secondary N) is 1. The van der Waals surface area contributed by atoms with Gasteiger partial charge in [-0.15, -0.1) is 0 Å². The maximum atomic E-state index is 12.5. The first-order valence-corrected chi connectivity index (χ1v) is 9.21. The lowest BCUT2D eigenvalue weighted by molar-refractivity contribution is -0.174. The lowest BCUT2D eigenvalue weighted by atomic mass is 10.1. The minimum Gasteiger partial charge on any atom is -0.491 e. The van der Waals surface area contributed by atoms with Gasteiger partial charge in [-0.3, -0.25) is 9.59 Å². The normalized spacial score (nSPS) is 12.9. The Labute approximate surface area is 170 Å². The topological polar surface area (TPSA) is 78.2 Å². The van der Waals surface area contributed by atoms with E-state index in [2.05, 4.69) is 5.10 Å². The molecule has 3 aromatic rings. The van der Waals surface area contributed by atoms with Crippen molar-refractivity contribution in [1.29, 1.82) is 0 Å². The highest BCUT2D eigenvalue weighted by atomic mass is 19.4. The van der Waals surface area contributed by atoms with E-state index in [1.165, 1.54) is 10.6 Å². The van der Waals surface area contributed by atoms with Crippen LogP contribution in [-0.2, 0) is 11.8 Å². The van der Waals surface area contributed by atoms with Gasteiger partial charge in [-0.1, -0.05) is 13.8 Å². The van der Waals surface area contributed by atoms with Crippen molar-refractivity contribution in [2.24, 2.45) is 13.0 Å². The second-order valence-electron chi connectivity index (χ2n) is 7.25. The fourth-order valence-corrected chi connectivity index (χ4v) is 2.85. The zero-order valence-electron chi connectivity index (χ0n) is 16.6. The van der Waals surface area contributed by atoms with E-state index in [-0.39, 0.29) is 18.1 Å². The SMILES string of the molecule is CC(C)C(COc1ccc2c(cnn2-c2ccc(=O)n(C)c2)c1)NC(=O)C(F)(F)F. The monoisotopic (exact) mass is 422 g/mol. The van der Waals surface area contributed by atoms with Crippen LogP contribution in [0.2, 0.25) is 0 Å². The number of ether oxygens (including phenoxy) is 1. The molecule has 160 valence electrons. The van der Waals surface area contributed by atoms with E-state index in [0.29, 0.717) is 11.4 Å². The van der Waals surface area contributed by atoms with Gasteiger partial charge in [0.25, 0.3) is 0 Å². The first kappa shape index (κ1) is 21.4. The Bertz CT molecular complexity index is 1120. The third-order valence-electron chi connectivity index (χ3n) is 4.66. The number of halogens is 3. The molecule has 7 nitrogen and oxygen atoms in total. The molecule has 0 radical (unpaired) electrons. The van der Waals surface area contributed by atoms with E-state index >= 15 is 0 Å². The summed E-state index contributed by atoms with van der Waals surface area (Å²) in [6.07, 6.45) is -1.66. The molecule has 1 N–H and O–H groups in total. The Morgan fingerprint density at radius 2 is 1.97 bits per heavy atom. The molecule has 1 atom stereocenters. The molecular formula is C20H21F3N4O3. The van der Waals surface area contributed by atoms with Crippen LogP contribution in [0.4, 0.5) is 13.2 Å². The van der Waals surface area contributed by atoms with Gasteiger partial charge in [0.05, 0.1) is 23.4 Å². The molecular weight excluding hydrogens is 401 g/mol. The van der Waals surface area contributed by atoms with Crippen molar-refractivity contribution in [2.75, 3.05) is 6.61 Å². The third kappa shape index (κ3) is 4.64. The van der Waals surface area contributed by atoms with E-state index in [1.807, 2.05) is 5.32 Å². The van der Waals surface area contributed by atoms with Crippen molar-refractivity contribution in [1.82, 2.24) is 19.7 Å². The van der Waals surface area contributed by atoms with E-state index in [4.69, 9.17) is 4.74 Å². The van der Waals surface area contributed by atoms with Crippen molar-refractivity contribution in [3.05, 3.63) is 53.1 Å². The van der Waals surface area contributed by atoms with Crippen LogP contribution in [0.1, 0.15) is 13.8 Å². The molecule has 1 aromatic carbocycles. The van der Waals surface area contributed by atoms with Crippen molar-refractivity contribution in [3.8, 4) is 11.4 Å². The number of fused-ring (bicyclic) bond motifs is 1. The quantitative estimate of drug-likeness (QED) is 0.663. The maximum Gasteiger partial charge on any atom is 0.471 e. The number of rotatable bonds is 6. The minimum absolute atomic E-state index is 0.111. The van der Waals surface area contributed by atoms with E-state index in [0.717, 1.165) is 10.9 Å². The fraction of sp³-hybridized carbons (Fsp3) is 0.350. The number of carbonyl (C=O) groups is 1. The minimum atomic E-state index is -4.94. The highest BCUT2D eigenvalue weighted by Gasteiger charge is 2.40. The summed E-state index contributed by atoms with van der Waals surface area (Å²) >= 11 is 0. The van der Waals surface area contributed by atoms with Crippen LogP contribution in [-0.4, -0.2) is 39.1 Å². The summed E-state index contributed by atoms with van der Waals surface area (Å²) in [6.45, 7) is 3.29. The molecule has 1 amide bonds. The molecule has 0 fully saturated rings. The summed E-state index contributed by atoms with van der Waals surface area (Å²) in [7, 11) is 1.65. The predicted octanol–water partition coefficient (Wildman–Crippen LogP) is 2.81. The van der Waals surface area contributed by atoms with E-state index in [9.17, 15) is 22.8 Å². The number of hydrogen-bond acceptors (Lipinski definition) is 4. The van der Waals surface area contributed by atoms with Gasteiger partial charge in [0.2, 0.25) is 5.56 Å². The van der Waals surface area contributed by atoms with Gasteiger partial charge in [-0.25, -0.2) is 4.68 Å². The van der Waals surface area contributed by atoms with Crippen LogP contribution in [0.15, 0.2) is 47.5 Å². The highest BCUT2D eigenvalue weighted by molar-refractivity contribution is 5.82. The lowest BCUT2D eigenvalue weighted by Crippen LogP contribution is -2.48. The van der Waals surface area contributed by atoms with Crippen molar-refractivity contribution in [3.63, 3.8) is 0 Å². The number of pyridine rings is 1. The Kier molecular flexibility index (Phi) is 5.86. The van der Waals surface area contributed by atoms with E-state index < -0.39 is 18.1 Å². The summed E-state index contributed by atoms with van der Waals surface area (Å²) < 4.78 is 46.3. The molecule has 0 spiro atoms. The fourth-order valence-electron chi connectivity index (χ4n) is 2.85. The largest absolute Gasteiger partial charge is 0.491 e. The standard InChI is InChI=1S/C20H21F3N4O3/c1-12(2)16(25-19(29)20(21,22)23)11-30-15-5-6-17-13(8-15)9-24-27(17)14-4-7-18(28)26(3)10-14/h4-10,12,16H,11H2,1-3H3,(H,25,29). The first-order chi connectivity index (χ1) is 14.1. The van der Waals surface area contributed by atoms with Crippen molar-refractivity contribution >= 4 is 16.8 Å². The molecule has 0 aliphatic heterocycles. The van der Waals surface area contributed by atoms with Gasteiger partial charge in [-0.05, 0) is 30.2 Å². The van der Waals surface area contributed by atoms with Crippen molar-refractivity contribution in [2.45, 2.75) is 26.1 Å². The number of aryl methyl sites for hydroxylation is 1. The Morgan fingerprint density at radius 3 is 2.60 bits per heavy atom. The number of hydrogen-bond donors (Lipinski definition) is 1. The Balaban J connectivity index is 1.77. The number of carbonyl (C=O) groups excluding carboxylic acids is 1. The molecule has 2 aromatic heterocycles. The Morgan fingerprint density at radius 1 is 1.23 bits per heavy atom. The van der Waals surface area contributed by atoms with Crippen molar-refractivity contribution < 1.29 is 22.7 Å². The number of benzene rings is 1. The lowest BCUT2D eigenvalue weighted by Gasteiger charge is -2.23. The van der Waals surface area contributed by atoms with Crippen LogP contribution in [0.5, 0.6) is 5.75 Å². The van der Waals surface area contributed by atoms with Gasteiger partial charge in [-0.2, -0.15) is 18.3 Å². The molecule has 0 saturated carbocycles. The summed E-state index contributed by atoms with van der Waals surface area (Å²) in [5.41, 5.74) is 1.34. The maximum absolute atomic E-state index is 12.5. The predicted molar refractivity (Wildman–Crippen MR) is 105 cm³/mol. The zero-order chi connectivity index (χ0) is 22.1. The van der Waals surface area contributed by atoms with E-state index in [1.54, 1.807) is 62.2 Å². The number of aromatic nitrogens is 3. The molecule has 0 aliphatic rings. The molecule has 0 aliphatic carbocycles. The second-order valence-corrected chi connectivity index (χ2v) is 7.25. The van der Waals surface area contributed by atoms with Crippen LogP contribution < -0.4 is 15.6 Å². The first-order valence-electron chi connectivity index (χ1n) is 9.21. The number of nitrogens with zero attached hydrogens (tertiary/aromatic N) is 3. The summed E-state index contributed by atoms with van der Waals surface area (Å²) in [6, 6.07) is 7.46. The van der Waals surface area contributed by atoms with Gasteiger partial charge >= 0.3 is 12.1 Å². The average molecular weight is 422 g/mol. The van der Waals surface area contributed by atoms with Gasteiger partial charge in [0.1, 0.15) is 12.4 Å². The molecule has 3 rings (SSSR count). The average Bonchev–Trinajstić information content (AvgIpc) is 3.09. The van der Waals surface area contributed by atoms with Crippen LogP contribution in [0, 0.1) is 5.92 Å². The third-order valence-corrected chi connectivity index (χ3v) is 4.66. The van der Waals surface area contributed by atoms with Gasteiger partial charge in [0, 0.05) is 24.7 Å². The second kappa shape index (κ2) is 8.21. The summed E-state index contributed by atoms with van der Waals surface area (Å²) in [5.74, 6) is -1.80. The smallest absolute Gasteiger partial charge is 0.471 e. The van der Waals surface area contributed by atoms with Crippen LogP contribution >= 0.6 is 0 Å². The summed E-state index contributed by atoms with van der Waals surface area (Å²) in [5, 5.41) is 7.05. The summed E-state index contributed by atoms with van der Waals surface area (Å²) in [4.78, 5) is 22.8. The zero-order valence-corrected chi connectivity index (χ0v) is 16.6.